The second kappa shape index (κ2) is 6.25. The molecule has 0 aromatic heterocycles. The molecule has 0 atom stereocenters. The van der Waals surface area contributed by atoms with Crippen molar-refractivity contribution in [1.82, 2.24) is 0 Å². The van der Waals surface area contributed by atoms with E-state index in [1.165, 1.54) is 6.07 Å². The fraction of sp³-hybridized carbons (Fsp3) is 0.200. The number of aromatic hydroxyl groups is 1. The summed E-state index contributed by atoms with van der Waals surface area (Å²) < 4.78 is 11.1. The number of rotatable bonds is 4. The lowest BCUT2D eigenvalue weighted by Crippen LogP contribution is -2.05. The van der Waals surface area contributed by atoms with E-state index in [4.69, 9.17) is 32.7 Å². The number of phenolic OH excluding ortho intramolecular Hbond substituents is 1. The average molecular weight is 313 g/mol. The highest BCUT2D eigenvalue weighted by Gasteiger charge is 2.09. The fourth-order valence-electron chi connectivity index (χ4n) is 1.61. The van der Waals surface area contributed by atoms with Crippen molar-refractivity contribution in [1.29, 1.82) is 0 Å². The second-order valence-corrected chi connectivity index (χ2v) is 5.32. The van der Waals surface area contributed by atoms with Crippen LogP contribution in [0.4, 0.5) is 0 Å². The van der Waals surface area contributed by atoms with E-state index >= 15 is 0 Å². The molecule has 0 amide bonds. The van der Waals surface area contributed by atoms with Crippen molar-refractivity contribution in [3.05, 3.63) is 46.4 Å². The lowest BCUT2D eigenvalue weighted by molar-refractivity contribution is 0.242. The molecule has 0 heterocycles. The summed E-state index contributed by atoms with van der Waals surface area (Å²) in [5.41, 5.74) is 0. The zero-order chi connectivity index (χ0) is 14.7. The molecule has 0 aliphatic carbocycles. The number of ether oxygens (including phenoxy) is 2. The van der Waals surface area contributed by atoms with Gasteiger partial charge in [0.1, 0.15) is 11.5 Å². The third-order valence-electron chi connectivity index (χ3n) is 2.42. The van der Waals surface area contributed by atoms with Crippen molar-refractivity contribution < 1.29 is 14.6 Å². The topological polar surface area (TPSA) is 38.7 Å². The first-order chi connectivity index (χ1) is 9.45. The number of hydrogen-bond donors (Lipinski definition) is 1. The summed E-state index contributed by atoms with van der Waals surface area (Å²) in [4.78, 5) is 0. The van der Waals surface area contributed by atoms with Crippen LogP contribution in [0.15, 0.2) is 36.4 Å². The zero-order valence-corrected chi connectivity index (χ0v) is 12.6. The molecule has 0 fully saturated rings. The average Bonchev–Trinajstić information content (AvgIpc) is 2.34. The maximum Gasteiger partial charge on any atom is 0.169 e. The molecule has 0 spiro atoms. The van der Waals surface area contributed by atoms with E-state index in [0.717, 1.165) is 0 Å². The molecule has 0 radical (unpaired) electrons. The number of benzene rings is 2. The largest absolute Gasteiger partial charge is 0.504 e. The van der Waals surface area contributed by atoms with Crippen molar-refractivity contribution in [3.8, 4) is 23.0 Å². The lowest BCUT2D eigenvalue weighted by Gasteiger charge is -2.13. The summed E-state index contributed by atoms with van der Waals surface area (Å²) >= 11 is 11.9. The van der Waals surface area contributed by atoms with Crippen LogP contribution in [0.5, 0.6) is 23.0 Å². The fourth-order valence-corrected chi connectivity index (χ4v) is 1.98. The van der Waals surface area contributed by atoms with E-state index in [-0.39, 0.29) is 17.6 Å². The Kier molecular flexibility index (Phi) is 4.63. The van der Waals surface area contributed by atoms with Gasteiger partial charge in [-0.25, -0.2) is 0 Å². The van der Waals surface area contributed by atoms with Crippen molar-refractivity contribution in [3.63, 3.8) is 0 Å². The molecule has 20 heavy (non-hydrogen) atoms. The normalized spacial score (nSPS) is 10.7. The van der Waals surface area contributed by atoms with E-state index in [0.29, 0.717) is 21.5 Å². The highest BCUT2D eigenvalue weighted by Crippen LogP contribution is 2.37. The van der Waals surface area contributed by atoms with Crippen LogP contribution < -0.4 is 9.47 Å². The van der Waals surface area contributed by atoms with Gasteiger partial charge in [0.25, 0.3) is 0 Å². The van der Waals surface area contributed by atoms with Crippen LogP contribution in [-0.4, -0.2) is 11.2 Å². The van der Waals surface area contributed by atoms with Crippen LogP contribution in [0.1, 0.15) is 13.8 Å². The predicted molar refractivity (Wildman–Crippen MR) is 80.4 cm³/mol. The highest BCUT2D eigenvalue weighted by molar-refractivity contribution is 6.32. The SMILES string of the molecule is CC(C)Oc1ccc(Oc2ccc(Cl)cc2O)c(Cl)c1. The van der Waals surface area contributed by atoms with Gasteiger partial charge in [-0.2, -0.15) is 0 Å². The van der Waals surface area contributed by atoms with Crippen molar-refractivity contribution in [2.75, 3.05) is 0 Å². The summed E-state index contributed by atoms with van der Waals surface area (Å²) in [6.07, 6.45) is 0.0677. The minimum absolute atomic E-state index is 0.0453. The van der Waals surface area contributed by atoms with Crippen molar-refractivity contribution >= 4 is 23.2 Å². The molecule has 0 saturated heterocycles. The van der Waals surface area contributed by atoms with Gasteiger partial charge in [0.15, 0.2) is 11.5 Å². The minimum Gasteiger partial charge on any atom is -0.504 e. The zero-order valence-electron chi connectivity index (χ0n) is 11.1. The number of halogens is 2. The minimum atomic E-state index is -0.0453. The van der Waals surface area contributed by atoms with Gasteiger partial charge in [-0.15, -0.1) is 0 Å². The number of phenols is 1. The van der Waals surface area contributed by atoms with E-state index in [2.05, 4.69) is 0 Å². The molecule has 2 rings (SSSR count). The van der Waals surface area contributed by atoms with E-state index in [9.17, 15) is 5.11 Å². The van der Waals surface area contributed by atoms with Crippen LogP contribution in [0.2, 0.25) is 10.0 Å². The number of hydrogen-bond acceptors (Lipinski definition) is 3. The first kappa shape index (κ1) is 14.8. The molecule has 0 aliphatic rings. The Morgan fingerprint density at radius 2 is 1.70 bits per heavy atom. The summed E-state index contributed by atoms with van der Waals surface area (Å²) in [5, 5.41) is 10.6. The Bertz CT molecular complexity index is 612. The van der Waals surface area contributed by atoms with Gasteiger partial charge in [0.2, 0.25) is 0 Å². The molecule has 0 bridgehead atoms. The Balaban J connectivity index is 2.21. The lowest BCUT2D eigenvalue weighted by atomic mass is 10.3. The van der Waals surface area contributed by atoms with Crippen LogP contribution >= 0.6 is 23.2 Å². The Hall–Kier alpha value is -1.58. The monoisotopic (exact) mass is 312 g/mol. The predicted octanol–water partition coefficient (Wildman–Crippen LogP) is 5.28. The summed E-state index contributed by atoms with van der Waals surface area (Å²) in [5.74, 6) is 1.34. The summed E-state index contributed by atoms with van der Waals surface area (Å²) in [7, 11) is 0. The van der Waals surface area contributed by atoms with Crippen LogP contribution in [-0.2, 0) is 0 Å². The van der Waals surface area contributed by atoms with E-state index < -0.39 is 0 Å². The van der Waals surface area contributed by atoms with Gasteiger partial charge in [-0.3, -0.25) is 0 Å². The molecule has 2 aromatic rings. The van der Waals surface area contributed by atoms with Crippen LogP contribution in [0.3, 0.4) is 0 Å². The van der Waals surface area contributed by atoms with Gasteiger partial charge >= 0.3 is 0 Å². The van der Waals surface area contributed by atoms with E-state index in [1.807, 2.05) is 13.8 Å². The molecule has 5 heteroatoms. The van der Waals surface area contributed by atoms with Crippen LogP contribution in [0.25, 0.3) is 0 Å². The Labute approximate surface area is 127 Å². The van der Waals surface area contributed by atoms with Crippen molar-refractivity contribution in [2.45, 2.75) is 20.0 Å². The molecule has 3 nitrogen and oxygen atoms in total. The molecule has 106 valence electrons. The highest BCUT2D eigenvalue weighted by atomic mass is 35.5. The van der Waals surface area contributed by atoms with Crippen LogP contribution in [0, 0.1) is 0 Å². The maximum absolute atomic E-state index is 9.74. The second-order valence-electron chi connectivity index (χ2n) is 4.47. The first-order valence-corrected chi connectivity index (χ1v) is 6.84. The standard InChI is InChI=1S/C15H14Cl2O3/c1-9(2)19-11-4-6-14(12(17)8-11)20-15-5-3-10(16)7-13(15)18/h3-9,18H,1-2H3. The molecule has 0 aliphatic heterocycles. The maximum atomic E-state index is 9.74. The molecule has 0 saturated carbocycles. The van der Waals surface area contributed by atoms with Gasteiger partial charge in [-0.05, 0) is 38.1 Å². The van der Waals surface area contributed by atoms with Gasteiger partial charge in [0, 0.05) is 17.2 Å². The smallest absolute Gasteiger partial charge is 0.169 e. The third-order valence-corrected chi connectivity index (χ3v) is 2.95. The van der Waals surface area contributed by atoms with Crippen molar-refractivity contribution in [2.24, 2.45) is 0 Å². The molecule has 2 aromatic carbocycles. The summed E-state index contributed by atoms with van der Waals surface area (Å²) in [6.45, 7) is 3.87. The summed E-state index contributed by atoms with van der Waals surface area (Å²) in [6, 6.07) is 9.72. The van der Waals surface area contributed by atoms with E-state index in [1.54, 1.807) is 30.3 Å². The Morgan fingerprint density at radius 1 is 1.00 bits per heavy atom. The quantitative estimate of drug-likeness (QED) is 0.834. The molecular weight excluding hydrogens is 299 g/mol. The van der Waals surface area contributed by atoms with Gasteiger partial charge < -0.3 is 14.6 Å². The third kappa shape index (κ3) is 3.71. The molecule has 1 N–H and O–H groups in total. The van der Waals surface area contributed by atoms with Gasteiger partial charge in [-0.1, -0.05) is 23.2 Å². The molecule has 0 unspecified atom stereocenters. The van der Waals surface area contributed by atoms with Gasteiger partial charge in [0.05, 0.1) is 11.1 Å². The Morgan fingerprint density at radius 3 is 2.30 bits per heavy atom. The molecular formula is C15H14Cl2O3. The first-order valence-electron chi connectivity index (χ1n) is 6.08.